The summed E-state index contributed by atoms with van der Waals surface area (Å²) in [5.41, 5.74) is 0.212. The Hall–Kier alpha value is -0.0425. The van der Waals surface area contributed by atoms with Crippen molar-refractivity contribution in [3.05, 3.63) is 12.7 Å². The average Bonchev–Trinajstić information content (AvgIpc) is 2.31. The van der Waals surface area contributed by atoms with E-state index in [2.05, 4.69) is 39.3 Å². The zero-order valence-corrected chi connectivity index (χ0v) is 22.0. The molecule has 0 aliphatic heterocycles. The van der Waals surface area contributed by atoms with E-state index in [0.717, 1.165) is 0 Å². The van der Waals surface area contributed by atoms with Crippen molar-refractivity contribution in [3.8, 4) is 0 Å². The van der Waals surface area contributed by atoms with Crippen LogP contribution in [0.2, 0.25) is 56.9 Å². The quantitative estimate of drug-likeness (QED) is 0.355. The molecule has 0 amide bonds. The normalized spacial score (nSPS) is 14.1. The molecule has 25 heavy (non-hydrogen) atoms. The first-order valence-electron chi connectivity index (χ1n) is 8.92. The van der Waals surface area contributed by atoms with Crippen molar-refractivity contribution in [2.75, 3.05) is 0 Å². The van der Waals surface area contributed by atoms with Crippen LogP contribution in [0.5, 0.6) is 0 Å². The van der Waals surface area contributed by atoms with Gasteiger partial charge in [-0.05, 0) is 45.8 Å². The molecule has 9 heteroatoms. The monoisotopic (exact) mass is 422 g/mol. The highest BCUT2D eigenvalue weighted by atomic mass is 28.5. The van der Waals surface area contributed by atoms with Crippen molar-refractivity contribution in [1.82, 2.24) is 0 Å². The van der Waals surface area contributed by atoms with Gasteiger partial charge in [-0.2, -0.15) is 0 Å². The predicted molar refractivity (Wildman–Crippen MR) is 114 cm³/mol. The molecule has 0 aromatic heterocycles. The molecule has 0 aromatic rings. The van der Waals surface area contributed by atoms with Crippen molar-refractivity contribution >= 4 is 40.0 Å². The van der Waals surface area contributed by atoms with E-state index in [1.165, 1.54) is 6.08 Å². The molecule has 0 spiro atoms. The fourth-order valence-corrected chi connectivity index (χ4v) is 22.2. The lowest BCUT2D eigenvalue weighted by molar-refractivity contribution is -0.131. The second-order valence-electron chi connectivity index (χ2n) is 8.87. The fraction of sp³-hybridized carbons (Fsp3) is 0.812. The average molecular weight is 423 g/mol. The molecule has 0 heterocycles. The molecule has 0 rings (SSSR count). The van der Waals surface area contributed by atoms with E-state index in [9.17, 15) is 4.79 Å². The second-order valence-corrected chi connectivity index (χ2v) is 25.1. The molecule has 0 radical (unpaired) electrons. The molecule has 0 atom stereocenters. The van der Waals surface area contributed by atoms with Gasteiger partial charge < -0.3 is 16.8 Å². The third kappa shape index (κ3) is 8.46. The van der Waals surface area contributed by atoms with Gasteiger partial charge in [-0.3, -0.25) is 0 Å². The van der Waals surface area contributed by atoms with Crippen molar-refractivity contribution in [3.63, 3.8) is 0 Å². The summed E-state index contributed by atoms with van der Waals surface area (Å²) in [5, 5.41) is 0. The van der Waals surface area contributed by atoms with Crippen LogP contribution >= 0.6 is 0 Å². The number of hydrogen-bond donors (Lipinski definition) is 0. The van der Waals surface area contributed by atoms with Gasteiger partial charge in [0.15, 0.2) is 8.32 Å². The molecule has 0 aromatic carbocycles. The highest BCUT2D eigenvalue weighted by Crippen LogP contribution is 2.38. The Balaban J connectivity index is 5.58. The first kappa shape index (κ1) is 25.0. The van der Waals surface area contributed by atoms with Crippen LogP contribution in [0.15, 0.2) is 12.7 Å². The molecule has 0 saturated carbocycles. The molecular formula is C16H38O5Si4. The molecule has 0 fully saturated rings. The van der Waals surface area contributed by atoms with Gasteiger partial charge >= 0.3 is 31.7 Å². The number of carbonyl (C=O) groups excluding carboxylic acids is 1. The van der Waals surface area contributed by atoms with Crippen LogP contribution in [0.4, 0.5) is 0 Å². The highest BCUT2D eigenvalue weighted by molar-refractivity contribution is 6.89. The summed E-state index contributed by atoms with van der Waals surface area (Å²) < 4.78 is 25.2. The summed E-state index contributed by atoms with van der Waals surface area (Å²) in [5.74, 6) is -0.422. The van der Waals surface area contributed by atoms with Crippen LogP contribution in [-0.4, -0.2) is 40.0 Å². The lowest BCUT2D eigenvalue weighted by atomic mass is 10.5. The summed E-state index contributed by atoms with van der Waals surface area (Å²) in [6.45, 7) is 26.4. The van der Waals surface area contributed by atoms with E-state index in [1.807, 2.05) is 40.8 Å². The van der Waals surface area contributed by atoms with Gasteiger partial charge in [0.2, 0.25) is 0 Å². The van der Waals surface area contributed by atoms with Crippen LogP contribution in [-0.2, 0) is 21.6 Å². The van der Waals surface area contributed by atoms with E-state index in [0.29, 0.717) is 0 Å². The molecule has 148 valence electrons. The van der Waals surface area contributed by atoms with E-state index in [1.54, 1.807) is 0 Å². The molecule has 0 aliphatic carbocycles. The maximum Gasteiger partial charge on any atom is 0.398 e. The van der Waals surface area contributed by atoms with Gasteiger partial charge in [0.25, 0.3) is 0 Å². The van der Waals surface area contributed by atoms with Gasteiger partial charge in [-0.25, -0.2) is 4.79 Å². The first-order chi connectivity index (χ1) is 11.0. The van der Waals surface area contributed by atoms with Crippen LogP contribution < -0.4 is 0 Å². The van der Waals surface area contributed by atoms with Gasteiger partial charge in [-0.15, -0.1) is 0 Å². The van der Waals surface area contributed by atoms with E-state index < -0.39 is 40.0 Å². The minimum absolute atomic E-state index is 0.106. The SMILES string of the molecule is C=CC(=O)O[Si](O[Si](C)(C)O[Si](C)(C)O[Si](C)(C)C)(C(C)C)C(C)C. The number of rotatable bonds is 10. The first-order valence-corrected chi connectivity index (χ1v) is 19.9. The van der Waals surface area contributed by atoms with Crippen LogP contribution in [0.25, 0.3) is 0 Å². The maximum absolute atomic E-state index is 12.0. The Bertz CT molecular complexity index is 462. The summed E-state index contributed by atoms with van der Waals surface area (Å²) in [6.07, 6.45) is 1.21. The lowest BCUT2D eigenvalue weighted by Gasteiger charge is -2.44. The highest BCUT2D eigenvalue weighted by Gasteiger charge is 2.53. The molecular weight excluding hydrogens is 385 g/mol. The van der Waals surface area contributed by atoms with Crippen LogP contribution in [0.3, 0.4) is 0 Å². The van der Waals surface area contributed by atoms with E-state index >= 15 is 0 Å². The van der Waals surface area contributed by atoms with E-state index in [4.69, 9.17) is 16.8 Å². The zero-order valence-electron chi connectivity index (χ0n) is 18.0. The maximum atomic E-state index is 12.0. The summed E-state index contributed by atoms with van der Waals surface area (Å²) >= 11 is 0. The third-order valence-electron chi connectivity index (χ3n) is 3.49. The molecule has 0 unspecified atom stereocenters. The van der Waals surface area contributed by atoms with Gasteiger partial charge in [-0.1, -0.05) is 34.3 Å². The van der Waals surface area contributed by atoms with E-state index in [-0.39, 0.29) is 11.1 Å². The molecule has 0 bridgehead atoms. The predicted octanol–water partition coefficient (Wildman–Crippen LogP) is 5.27. The summed E-state index contributed by atoms with van der Waals surface area (Å²) in [7, 11) is -9.45. The molecule has 0 saturated heterocycles. The fourth-order valence-electron chi connectivity index (χ4n) is 3.11. The van der Waals surface area contributed by atoms with Gasteiger partial charge in [0, 0.05) is 17.2 Å². The minimum Gasteiger partial charge on any atom is -0.491 e. The minimum atomic E-state index is -2.83. The Morgan fingerprint density at radius 1 is 0.800 bits per heavy atom. The van der Waals surface area contributed by atoms with Gasteiger partial charge in [0.1, 0.15) is 0 Å². The Labute approximate surface area is 159 Å². The van der Waals surface area contributed by atoms with Crippen molar-refractivity contribution in [2.24, 2.45) is 0 Å². The van der Waals surface area contributed by atoms with Crippen LogP contribution in [0, 0.1) is 0 Å². The summed E-state index contributed by atoms with van der Waals surface area (Å²) in [4.78, 5) is 12.0. The van der Waals surface area contributed by atoms with Crippen LogP contribution in [0.1, 0.15) is 27.7 Å². The Morgan fingerprint density at radius 3 is 1.52 bits per heavy atom. The lowest BCUT2D eigenvalue weighted by Crippen LogP contribution is -2.60. The summed E-state index contributed by atoms with van der Waals surface area (Å²) in [6, 6.07) is 0. The Kier molecular flexibility index (Phi) is 8.75. The largest absolute Gasteiger partial charge is 0.491 e. The number of hydrogen-bond acceptors (Lipinski definition) is 5. The van der Waals surface area contributed by atoms with Crippen molar-refractivity contribution in [1.29, 1.82) is 0 Å². The molecule has 0 aliphatic rings. The third-order valence-corrected chi connectivity index (χ3v) is 18.8. The van der Waals surface area contributed by atoms with Crippen molar-refractivity contribution < 1.29 is 21.6 Å². The second kappa shape index (κ2) is 8.76. The topological polar surface area (TPSA) is 54.0 Å². The smallest absolute Gasteiger partial charge is 0.398 e. The Morgan fingerprint density at radius 2 is 1.20 bits per heavy atom. The zero-order chi connectivity index (χ0) is 20.3. The molecule has 5 nitrogen and oxygen atoms in total. The van der Waals surface area contributed by atoms with Crippen molar-refractivity contribution in [2.45, 2.75) is 84.6 Å². The van der Waals surface area contributed by atoms with Gasteiger partial charge in [0.05, 0.1) is 0 Å². The molecule has 0 N–H and O–H groups in total. The number of carbonyl (C=O) groups is 1. The standard InChI is InChI=1S/C16H38O5Si4/c1-13-16(17)18-25(14(2)3,15(4)5)21-24(11,12)20-23(9,10)19-22(6,7)8/h13-15H,1H2,2-12H3.